The molecule has 0 rings (SSSR count). The second kappa shape index (κ2) is 886. The summed E-state index contributed by atoms with van der Waals surface area (Å²) in [6.07, 6.45) is 0. The molecule has 0 aromatic rings. The van der Waals surface area contributed by atoms with Crippen molar-refractivity contribution in [3.05, 3.63) is 0 Å². The van der Waals surface area contributed by atoms with Crippen LogP contribution in [-0.2, 0) is 64.0 Å². The molecule has 1 atom stereocenters. The van der Waals surface area contributed by atoms with E-state index in [1.165, 1.54) is 0 Å². The molecular weight excluding hydrogens is 692 g/mol. The van der Waals surface area contributed by atoms with Crippen LogP contribution in [0.1, 0.15) is 7.13 Å². The van der Waals surface area contributed by atoms with Crippen molar-refractivity contribution < 1.29 is 103 Å². The van der Waals surface area contributed by atoms with E-state index in [1.54, 1.807) is 91.2 Å². The monoisotopic (exact) mass is 721 g/mol. The van der Waals surface area contributed by atoms with E-state index in [0.29, 0.717) is 0 Å². The molecular formula is H29O20P12+. The van der Waals surface area contributed by atoms with Crippen molar-refractivity contribution in [1.29, 1.82) is 0 Å². The Balaban J connectivity index is -0.00000000395. The van der Waals surface area contributed by atoms with Gasteiger partial charge in [-0.1, -0.05) is 0 Å². The average Bonchev–Trinajstić information content (AvgIpc) is 2.87. The maximum absolute atomic E-state index is 8.93. The van der Waals surface area contributed by atoms with Crippen molar-refractivity contribution in [1.82, 2.24) is 0 Å². The Morgan fingerprint density at radius 1 is 0.531 bits per heavy atom. The summed E-state index contributed by atoms with van der Waals surface area (Å²) in [5, 5.41) is 7.05. The van der Waals surface area contributed by atoms with E-state index in [2.05, 4.69) is 4.67 Å². The predicted molar refractivity (Wildman–Crippen MR) is 135 cm³/mol. The topological polar surface area (TPSA) is 400 Å². The van der Waals surface area contributed by atoms with Gasteiger partial charge in [0.25, 0.3) is 0 Å². The zero-order valence-corrected chi connectivity index (χ0v) is 26.3. The van der Waals surface area contributed by atoms with Crippen LogP contribution < -0.4 is 4.89 Å². The summed E-state index contributed by atoms with van der Waals surface area (Å²) >= 11 is 0. The molecule has 0 saturated carbocycles. The molecule has 0 aromatic heterocycles. The van der Waals surface area contributed by atoms with Gasteiger partial charge in [-0.25, -0.2) is 5.26 Å². The predicted octanol–water partition coefficient (Wildman–Crippen LogP) is 2.80. The summed E-state index contributed by atoms with van der Waals surface area (Å²) in [6.45, 7) is 0. The minimum Gasteiger partial charge on any atom is 0 e. The van der Waals surface area contributed by atoms with Crippen LogP contribution in [0.25, 0.3) is 0 Å². The van der Waals surface area contributed by atoms with Gasteiger partial charge in [0.1, 0.15) is 91.2 Å². The Morgan fingerprint density at radius 3 is 0.562 bits per heavy atom. The first kappa shape index (κ1) is 117. The summed E-state index contributed by atoms with van der Waals surface area (Å²) in [4.78, 5) is 8.93. The molecule has 0 aliphatic heterocycles. The van der Waals surface area contributed by atoms with Crippen LogP contribution in [0.5, 0.6) is 0 Å². The first-order chi connectivity index (χ1) is 13.7. The first-order valence-electron chi connectivity index (χ1n) is 3.14. The van der Waals surface area contributed by atoms with Crippen molar-refractivity contribution >= 4 is 108 Å². The molecule has 1 unspecified atom stereocenters. The summed E-state index contributed by atoms with van der Waals surface area (Å²) in [5.74, 6) is 0. The van der Waals surface area contributed by atoms with Gasteiger partial charge in [-0.2, -0.15) is 0 Å². The Kier molecular flexibility index (Phi) is 3250. The SMILES string of the molecule is O.O.O.O.O=P.O=P.O=P.O=P.O=P.O=P.O=P.O=P.O=P.O=P.O=[P+]([O-])OO.O=[P+]=O.[HH].[HH].[HH].[HH].[HH]. The van der Waals surface area contributed by atoms with Crippen LogP contribution in [0.15, 0.2) is 0 Å². The molecule has 0 radical (unpaired) electrons. The molecule has 32 heteroatoms. The fraction of sp³-hybridized carbons (Fsp3) is 0. The Morgan fingerprint density at radius 2 is 0.562 bits per heavy atom. The van der Waals surface area contributed by atoms with Gasteiger partial charge in [-0.15, -0.1) is 0 Å². The summed E-state index contributed by atoms with van der Waals surface area (Å²) in [5.41, 5.74) is 0. The second-order valence-corrected chi connectivity index (χ2v) is 1.14. The first-order valence-corrected chi connectivity index (χ1v) is 9.04. The van der Waals surface area contributed by atoms with Crippen LogP contribution in [0.2, 0.25) is 0 Å². The summed E-state index contributed by atoms with van der Waals surface area (Å²) < 4.78 is 109. The largest absolute Gasteiger partial charge is 0 e. The van der Waals surface area contributed by atoms with E-state index < -0.39 is 16.6 Å². The summed E-state index contributed by atoms with van der Waals surface area (Å²) in [7, 11) is 13.1. The molecule has 9 N–H and O–H groups in total. The van der Waals surface area contributed by atoms with Gasteiger partial charge in [0.05, 0.1) is 0 Å². The Bertz CT molecular complexity index is 213. The second-order valence-electron chi connectivity index (χ2n) is 0.380. The van der Waals surface area contributed by atoms with E-state index in [-0.39, 0.29) is 29.0 Å². The normalized spacial score (nSPS) is 3.25. The molecule has 0 spiro atoms. The van der Waals surface area contributed by atoms with Crippen LogP contribution in [0.3, 0.4) is 0 Å². The maximum atomic E-state index is 8.93. The molecule has 0 aliphatic rings. The van der Waals surface area contributed by atoms with Crippen LogP contribution in [0.4, 0.5) is 0 Å². The molecule has 20 nitrogen and oxygen atoms in total. The van der Waals surface area contributed by atoms with Gasteiger partial charge in [-0.05, 0) is 4.57 Å². The van der Waals surface area contributed by atoms with Gasteiger partial charge in [0.15, 0.2) is 0 Å². The molecule has 32 heavy (non-hydrogen) atoms. The Labute approximate surface area is 211 Å². The third-order valence-corrected chi connectivity index (χ3v) is 0.200. The van der Waals surface area contributed by atoms with E-state index in [9.17, 15) is 0 Å². The molecule has 0 amide bonds. The standard InChI is InChI=1S/HO4P.O2P.10HOP.4H2O.5H2/c1-4-5(2)3;1-3-2;10*1-2;;;;;;;;;/h1H;;10*2H;4*1H2;5*1H/q;+1;;;;;;;;;;;;;;;;;;;. The van der Waals surface area contributed by atoms with Gasteiger partial charge < -0.3 is 26.8 Å². The van der Waals surface area contributed by atoms with Crippen molar-refractivity contribution in [3.63, 3.8) is 0 Å². The quantitative estimate of drug-likeness (QED) is 0.231. The van der Waals surface area contributed by atoms with E-state index in [4.69, 9.17) is 69.5 Å². The van der Waals surface area contributed by atoms with E-state index in [0.717, 1.165) is 0 Å². The molecule has 0 heterocycles. The molecule has 0 saturated heterocycles. The van der Waals surface area contributed by atoms with Crippen molar-refractivity contribution in [2.75, 3.05) is 0 Å². The summed E-state index contributed by atoms with van der Waals surface area (Å²) in [6, 6.07) is 0. The van der Waals surface area contributed by atoms with Crippen molar-refractivity contribution in [2.45, 2.75) is 0 Å². The van der Waals surface area contributed by atoms with Crippen LogP contribution >= 0.6 is 108 Å². The Hall–Kier alpha value is 0.850. The average molecular weight is 721 g/mol. The smallest absolute Gasteiger partial charge is 0 e. The molecule has 208 valence electrons. The van der Waals surface area contributed by atoms with Gasteiger partial charge in [0.2, 0.25) is 0 Å². The third-order valence-electron chi connectivity index (χ3n) is 0.0667. The fourth-order valence-corrected chi connectivity index (χ4v) is 0. The number of hydrogen-bond donors (Lipinski definition) is 1. The van der Waals surface area contributed by atoms with Gasteiger partial charge in [-0.3, -0.25) is 45.7 Å². The van der Waals surface area contributed by atoms with E-state index in [1.807, 2.05) is 0 Å². The van der Waals surface area contributed by atoms with Gasteiger partial charge >= 0.3 is 25.7 Å². The number of rotatable bonds is 1. The molecule has 0 fully saturated rings. The van der Waals surface area contributed by atoms with Crippen molar-refractivity contribution in [3.8, 4) is 0 Å². The molecule has 0 aliphatic carbocycles. The zero-order chi connectivity index (χ0) is 27.0. The third kappa shape index (κ3) is 3380. The molecule has 0 bridgehead atoms. The number of hydrogen-bond acceptors (Lipinski definition) is 16. The van der Waals surface area contributed by atoms with Crippen molar-refractivity contribution in [2.24, 2.45) is 0 Å². The van der Waals surface area contributed by atoms with E-state index >= 15 is 0 Å². The maximum Gasteiger partial charge on any atom is 0 e. The fourth-order valence-electron chi connectivity index (χ4n) is 0. The van der Waals surface area contributed by atoms with Crippen LogP contribution in [0, 0.1) is 0 Å². The molecule has 0 aromatic carbocycles. The zero-order valence-electron chi connectivity index (χ0n) is 14.5. The minimum atomic E-state index is -3.04. The van der Waals surface area contributed by atoms with Crippen LogP contribution in [-0.4, -0.2) is 27.2 Å². The van der Waals surface area contributed by atoms with Gasteiger partial charge in [0, 0.05) is 11.8 Å². The minimum absolute atomic E-state index is 0.